The lowest BCUT2D eigenvalue weighted by Gasteiger charge is -2.48. The summed E-state index contributed by atoms with van der Waals surface area (Å²) in [6, 6.07) is 11.5. The molecular formula is C37H46ClF2N3O4S. The highest BCUT2D eigenvalue weighted by Gasteiger charge is 2.51. The van der Waals surface area contributed by atoms with Crippen LogP contribution < -0.4 is 14.4 Å². The molecule has 11 heteroatoms. The fourth-order valence-corrected chi connectivity index (χ4v) is 10.6. The van der Waals surface area contributed by atoms with E-state index in [4.69, 9.17) is 16.3 Å². The van der Waals surface area contributed by atoms with Gasteiger partial charge in [0.05, 0.1) is 35.1 Å². The minimum absolute atomic E-state index is 0.0372. The van der Waals surface area contributed by atoms with E-state index in [0.717, 1.165) is 37.8 Å². The second-order valence-electron chi connectivity index (χ2n) is 15.2. The Balaban J connectivity index is 1.28. The molecule has 48 heavy (non-hydrogen) atoms. The number of fused-ring (bicyclic) bond motifs is 4. The average molecular weight is 702 g/mol. The van der Waals surface area contributed by atoms with Crippen LogP contribution in [0.1, 0.15) is 80.3 Å². The van der Waals surface area contributed by atoms with E-state index in [0.29, 0.717) is 55.3 Å². The number of nitrogens with zero attached hydrogens (tertiary/aromatic N) is 2. The number of alkyl halides is 2. The van der Waals surface area contributed by atoms with Crippen molar-refractivity contribution in [1.82, 2.24) is 9.62 Å². The topological polar surface area (TPSA) is 79.0 Å². The highest BCUT2D eigenvalue weighted by molar-refractivity contribution is 7.99. The Morgan fingerprint density at radius 2 is 1.85 bits per heavy atom. The van der Waals surface area contributed by atoms with Crippen LogP contribution in [0, 0.1) is 23.7 Å². The number of benzene rings is 2. The van der Waals surface area contributed by atoms with Crippen LogP contribution in [-0.4, -0.2) is 70.8 Å². The van der Waals surface area contributed by atoms with Gasteiger partial charge in [0, 0.05) is 40.3 Å². The smallest absolute Gasteiger partial charge is 0.282 e. The summed E-state index contributed by atoms with van der Waals surface area (Å²) < 4.78 is 51.0. The summed E-state index contributed by atoms with van der Waals surface area (Å²) in [5, 5.41) is 0.303. The summed E-state index contributed by atoms with van der Waals surface area (Å²) in [5.41, 5.74) is 3.32. The molecule has 7 nitrogen and oxygen atoms in total. The van der Waals surface area contributed by atoms with Gasteiger partial charge in [0.15, 0.2) is 0 Å². The Bertz CT molecular complexity index is 1710. The highest BCUT2D eigenvalue weighted by Crippen LogP contribution is 2.48. The third-order valence-corrected chi connectivity index (χ3v) is 14.5. The van der Waals surface area contributed by atoms with Crippen LogP contribution in [0.25, 0.3) is 0 Å². The summed E-state index contributed by atoms with van der Waals surface area (Å²) in [5.74, 6) is 1.08. The summed E-state index contributed by atoms with van der Waals surface area (Å²) in [7, 11) is -3.01. The van der Waals surface area contributed by atoms with Crippen LogP contribution in [0.4, 0.5) is 14.5 Å². The first kappa shape index (κ1) is 33.6. The standard InChI is InChI=1S/C37H46ClF2N3O4S/c1-23-6-4-8-30(35(45)43-20-37(39,40)21-43)29-12-9-27(29)18-42-19-36(15-5-7-25-16-28(38)11-13-31(25)36)22-47-33-14-10-26(17-32(33)42)34(44)41-48(3,46)24(23)2/h10-11,13-14,16-17,23-24,27,29-30H,3-9,12,15,18-22H2,1-2H3,(H,41,44,46)/t23-,24+,27-,29+,30+,36-,48?/m0/s1. The van der Waals surface area contributed by atoms with Crippen molar-refractivity contribution in [3.63, 3.8) is 0 Å². The number of carbonyl (C=O) groups excluding carboxylic acids is 2. The number of aryl methyl sites for hydroxylation is 1. The molecule has 1 saturated carbocycles. The van der Waals surface area contributed by atoms with E-state index in [-0.39, 0.29) is 35.0 Å². The van der Waals surface area contributed by atoms with Gasteiger partial charge in [0.1, 0.15) is 5.75 Å². The SMILES string of the molecule is C=S1(=O)NC(=O)c2ccc3c(c2)N(C[C@@H]2CC[C@H]2[C@H](C(=O)N2CC(F)(F)C2)CCC[C@H](C)[C@H]1C)C[C@@]1(CCCc2cc(Cl)ccc21)CO3. The lowest BCUT2D eigenvalue weighted by Crippen LogP contribution is -2.61. The molecule has 260 valence electrons. The maximum atomic E-state index is 13.9. The van der Waals surface area contributed by atoms with Gasteiger partial charge in [-0.1, -0.05) is 31.0 Å². The monoisotopic (exact) mass is 701 g/mol. The van der Waals surface area contributed by atoms with Gasteiger partial charge >= 0.3 is 0 Å². The predicted octanol–water partition coefficient (Wildman–Crippen LogP) is 6.50. The molecule has 2 fully saturated rings. The van der Waals surface area contributed by atoms with Crippen LogP contribution >= 0.6 is 11.6 Å². The summed E-state index contributed by atoms with van der Waals surface area (Å²) >= 11 is 6.43. The molecule has 2 bridgehead atoms. The number of carbonyl (C=O) groups is 2. The number of likely N-dealkylation sites (tertiary alicyclic amines) is 1. The van der Waals surface area contributed by atoms with Gasteiger partial charge in [-0.2, -0.15) is 0 Å². The third kappa shape index (κ3) is 6.21. The number of nitrogens with one attached hydrogen (secondary N) is 1. The lowest BCUT2D eigenvalue weighted by molar-refractivity contribution is -0.173. The molecule has 2 aromatic rings. The Morgan fingerprint density at radius 3 is 2.58 bits per heavy atom. The number of hydrogen-bond acceptors (Lipinski definition) is 5. The summed E-state index contributed by atoms with van der Waals surface area (Å²) in [6.07, 6.45) is 6.65. The van der Waals surface area contributed by atoms with Gasteiger partial charge in [-0.3, -0.25) is 14.3 Å². The molecule has 7 rings (SSSR count). The molecule has 2 aliphatic carbocycles. The highest BCUT2D eigenvalue weighted by atomic mass is 35.5. The number of anilines is 1. The maximum absolute atomic E-state index is 13.9. The van der Waals surface area contributed by atoms with Crippen molar-refractivity contribution in [2.45, 2.75) is 81.8 Å². The van der Waals surface area contributed by atoms with Crippen molar-refractivity contribution in [2.24, 2.45) is 23.7 Å². The van der Waals surface area contributed by atoms with Crippen LogP contribution in [0.5, 0.6) is 5.75 Å². The molecule has 0 radical (unpaired) electrons. The molecule has 2 aromatic carbocycles. The molecule has 2 amide bonds. The lowest BCUT2D eigenvalue weighted by atomic mass is 9.64. The molecule has 1 N–H and O–H groups in total. The molecule has 3 heterocycles. The van der Waals surface area contributed by atoms with Gasteiger partial charge in [0.2, 0.25) is 5.91 Å². The zero-order valence-electron chi connectivity index (χ0n) is 27.8. The normalized spacial score (nSPS) is 34.8. The number of halogens is 3. The molecular weight excluding hydrogens is 656 g/mol. The van der Waals surface area contributed by atoms with E-state index < -0.39 is 39.9 Å². The van der Waals surface area contributed by atoms with E-state index in [1.54, 1.807) is 6.07 Å². The van der Waals surface area contributed by atoms with Crippen molar-refractivity contribution in [1.29, 1.82) is 0 Å². The summed E-state index contributed by atoms with van der Waals surface area (Å²) in [6.45, 7) is 4.59. The minimum Gasteiger partial charge on any atom is -0.490 e. The van der Waals surface area contributed by atoms with E-state index in [9.17, 15) is 22.6 Å². The van der Waals surface area contributed by atoms with Crippen LogP contribution in [-0.2, 0) is 26.3 Å². The van der Waals surface area contributed by atoms with Crippen molar-refractivity contribution >= 4 is 44.7 Å². The van der Waals surface area contributed by atoms with E-state index in [2.05, 4.69) is 27.6 Å². The van der Waals surface area contributed by atoms with E-state index in [1.165, 1.54) is 16.0 Å². The quantitative estimate of drug-likeness (QED) is 0.344. The average Bonchev–Trinajstić information content (AvgIpc) is 3.16. The number of ether oxygens (including phenoxy) is 1. The first-order valence-electron chi connectivity index (χ1n) is 17.4. The van der Waals surface area contributed by atoms with Gasteiger partial charge in [0.25, 0.3) is 11.8 Å². The van der Waals surface area contributed by atoms with E-state index in [1.807, 2.05) is 32.0 Å². The number of rotatable bonds is 1. The van der Waals surface area contributed by atoms with Gasteiger partial charge in [-0.25, -0.2) is 13.0 Å². The number of amides is 2. The van der Waals surface area contributed by atoms with Gasteiger partial charge in [-0.15, -0.1) is 0 Å². The molecule has 1 spiro atoms. The van der Waals surface area contributed by atoms with Crippen molar-refractivity contribution in [2.75, 3.05) is 37.7 Å². The van der Waals surface area contributed by atoms with Crippen LogP contribution in [0.2, 0.25) is 5.02 Å². The molecule has 0 aromatic heterocycles. The van der Waals surface area contributed by atoms with Crippen molar-refractivity contribution in [3.05, 3.63) is 58.1 Å². The molecule has 1 unspecified atom stereocenters. The Morgan fingerprint density at radius 1 is 1.06 bits per heavy atom. The van der Waals surface area contributed by atoms with E-state index >= 15 is 0 Å². The Hall–Kier alpha value is -2.85. The predicted molar refractivity (Wildman–Crippen MR) is 187 cm³/mol. The second kappa shape index (κ2) is 12.5. The number of hydrogen-bond donors (Lipinski definition) is 1. The zero-order chi connectivity index (χ0) is 34.0. The zero-order valence-corrected chi connectivity index (χ0v) is 29.4. The Labute approximate surface area is 287 Å². The van der Waals surface area contributed by atoms with Gasteiger partial charge < -0.3 is 14.5 Å². The summed E-state index contributed by atoms with van der Waals surface area (Å²) in [4.78, 5) is 31.1. The molecule has 1 saturated heterocycles. The molecule has 5 aliphatic rings. The fourth-order valence-electron chi connectivity index (χ4n) is 8.89. The van der Waals surface area contributed by atoms with Crippen molar-refractivity contribution < 1.29 is 27.3 Å². The second-order valence-corrected chi connectivity index (χ2v) is 18.1. The van der Waals surface area contributed by atoms with Crippen LogP contribution in [0.15, 0.2) is 36.4 Å². The Kier molecular flexibility index (Phi) is 8.75. The fraction of sp³-hybridized carbons (Fsp3) is 0.595. The third-order valence-electron chi connectivity index (χ3n) is 12.1. The first-order chi connectivity index (χ1) is 22.8. The maximum Gasteiger partial charge on any atom is 0.282 e. The molecule has 7 atom stereocenters. The van der Waals surface area contributed by atoms with Crippen molar-refractivity contribution in [3.8, 4) is 5.75 Å². The largest absolute Gasteiger partial charge is 0.490 e. The van der Waals surface area contributed by atoms with Gasteiger partial charge in [-0.05, 0) is 117 Å². The minimum atomic E-state index is -3.01. The molecule has 3 aliphatic heterocycles. The first-order valence-corrected chi connectivity index (χ1v) is 19.6. The van der Waals surface area contributed by atoms with Crippen LogP contribution in [0.3, 0.4) is 0 Å².